The van der Waals surface area contributed by atoms with Gasteiger partial charge in [0, 0.05) is 11.7 Å². The molecule has 1 saturated carbocycles. The van der Waals surface area contributed by atoms with E-state index in [-0.39, 0.29) is 5.54 Å². The molecule has 0 bridgehead atoms. The highest BCUT2D eigenvalue weighted by molar-refractivity contribution is 9.10. The average molecular weight is 227 g/mol. The minimum atomic E-state index is -0.0757. The van der Waals surface area contributed by atoms with Crippen LogP contribution in [0.3, 0.4) is 0 Å². The van der Waals surface area contributed by atoms with E-state index in [0.29, 0.717) is 0 Å². The topological polar surface area (TPSA) is 38.9 Å². The molecule has 0 amide bonds. The van der Waals surface area contributed by atoms with Gasteiger partial charge in [-0.05, 0) is 46.8 Å². The monoisotopic (exact) mass is 226 g/mol. The fourth-order valence-electron chi connectivity index (χ4n) is 1.52. The van der Waals surface area contributed by atoms with E-state index in [1.54, 1.807) is 0 Å². The van der Waals surface area contributed by atoms with E-state index >= 15 is 0 Å². The zero-order valence-corrected chi connectivity index (χ0v) is 8.34. The third kappa shape index (κ3) is 1.27. The Labute approximate surface area is 80.3 Å². The lowest BCUT2D eigenvalue weighted by molar-refractivity contribution is 0.253. The number of aromatic nitrogens is 1. The first-order valence-electron chi connectivity index (χ1n) is 4.12. The third-order valence-electron chi connectivity index (χ3n) is 2.55. The summed E-state index contributed by atoms with van der Waals surface area (Å²) in [6, 6.07) is 4.00. The maximum Gasteiger partial charge on any atom is 0.106 e. The van der Waals surface area contributed by atoms with Crippen molar-refractivity contribution < 1.29 is 0 Å². The summed E-state index contributed by atoms with van der Waals surface area (Å²) in [5.41, 5.74) is 7.21. The molecule has 1 heterocycles. The fourth-order valence-corrected chi connectivity index (χ4v) is 1.75. The van der Waals surface area contributed by atoms with Crippen LogP contribution in [0.4, 0.5) is 0 Å². The zero-order valence-electron chi connectivity index (χ0n) is 6.76. The summed E-state index contributed by atoms with van der Waals surface area (Å²) >= 11 is 3.30. The summed E-state index contributed by atoms with van der Waals surface area (Å²) in [5.74, 6) is 0. The first-order valence-corrected chi connectivity index (χ1v) is 4.91. The number of nitrogens with two attached hydrogens (primary N) is 1. The molecule has 0 saturated heterocycles. The van der Waals surface area contributed by atoms with Crippen LogP contribution in [-0.4, -0.2) is 4.98 Å². The molecular weight excluding hydrogens is 216 g/mol. The van der Waals surface area contributed by atoms with Gasteiger partial charge >= 0.3 is 0 Å². The molecule has 2 N–H and O–H groups in total. The molecule has 0 aliphatic heterocycles. The van der Waals surface area contributed by atoms with Crippen LogP contribution in [0, 0.1) is 0 Å². The van der Waals surface area contributed by atoms with Gasteiger partial charge in [0.2, 0.25) is 0 Å². The van der Waals surface area contributed by atoms with Crippen molar-refractivity contribution in [1.82, 2.24) is 4.98 Å². The highest BCUT2D eigenvalue weighted by Crippen LogP contribution is 2.38. The first kappa shape index (κ1) is 8.20. The molecule has 12 heavy (non-hydrogen) atoms. The van der Waals surface area contributed by atoms with E-state index in [1.165, 1.54) is 6.42 Å². The minimum Gasteiger partial charge on any atom is -0.321 e. The summed E-state index contributed by atoms with van der Waals surface area (Å²) < 4.78 is 0.870. The summed E-state index contributed by atoms with van der Waals surface area (Å²) in [4.78, 5) is 4.16. The second-order valence-electron chi connectivity index (χ2n) is 3.38. The average Bonchev–Trinajstić information content (AvgIpc) is 2.02. The molecule has 3 heteroatoms. The predicted octanol–water partition coefficient (Wildman–Crippen LogP) is 2.18. The second kappa shape index (κ2) is 2.82. The summed E-state index contributed by atoms with van der Waals surface area (Å²) in [6.07, 6.45) is 5.29. The number of rotatable bonds is 1. The SMILES string of the molecule is NC1(c2ccc(Br)nc2)CCC1. The predicted molar refractivity (Wildman–Crippen MR) is 51.7 cm³/mol. The van der Waals surface area contributed by atoms with Crippen molar-refractivity contribution in [2.24, 2.45) is 5.73 Å². The van der Waals surface area contributed by atoms with Gasteiger partial charge < -0.3 is 5.73 Å². The smallest absolute Gasteiger partial charge is 0.106 e. The van der Waals surface area contributed by atoms with Crippen LogP contribution in [0.5, 0.6) is 0 Å². The van der Waals surface area contributed by atoms with E-state index in [0.717, 1.165) is 23.0 Å². The summed E-state index contributed by atoms with van der Waals surface area (Å²) in [6.45, 7) is 0. The molecule has 1 aliphatic carbocycles. The van der Waals surface area contributed by atoms with E-state index in [9.17, 15) is 0 Å². The van der Waals surface area contributed by atoms with E-state index in [2.05, 4.69) is 27.0 Å². The van der Waals surface area contributed by atoms with Crippen molar-refractivity contribution in [2.45, 2.75) is 24.8 Å². The molecular formula is C9H11BrN2. The van der Waals surface area contributed by atoms with Crippen molar-refractivity contribution >= 4 is 15.9 Å². The Balaban J connectivity index is 2.28. The molecule has 0 atom stereocenters. The summed E-state index contributed by atoms with van der Waals surface area (Å²) in [5, 5.41) is 0. The number of pyridine rings is 1. The number of halogens is 1. The largest absolute Gasteiger partial charge is 0.321 e. The molecule has 0 unspecified atom stereocenters. The minimum absolute atomic E-state index is 0.0757. The number of hydrogen-bond acceptors (Lipinski definition) is 2. The Bertz CT molecular complexity index is 277. The zero-order chi connectivity index (χ0) is 8.60. The van der Waals surface area contributed by atoms with Crippen LogP contribution in [-0.2, 0) is 5.54 Å². The van der Waals surface area contributed by atoms with Crippen LogP contribution in [0.2, 0.25) is 0 Å². The number of nitrogens with zero attached hydrogens (tertiary/aromatic N) is 1. The van der Waals surface area contributed by atoms with Crippen molar-refractivity contribution in [3.8, 4) is 0 Å². The normalized spacial score (nSPS) is 20.2. The lowest BCUT2D eigenvalue weighted by Gasteiger charge is -2.38. The molecule has 1 aromatic heterocycles. The van der Waals surface area contributed by atoms with E-state index in [1.807, 2.05) is 12.3 Å². The van der Waals surface area contributed by atoms with Crippen LogP contribution in [0.15, 0.2) is 22.9 Å². The van der Waals surface area contributed by atoms with Gasteiger partial charge in [0.25, 0.3) is 0 Å². The first-order chi connectivity index (χ1) is 5.71. The molecule has 1 fully saturated rings. The van der Waals surface area contributed by atoms with Gasteiger partial charge in [0.15, 0.2) is 0 Å². The number of hydrogen-bond donors (Lipinski definition) is 1. The quantitative estimate of drug-likeness (QED) is 0.747. The Morgan fingerprint density at radius 2 is 2.17 bits per heavy atom. The highest BCUT2D eigenvalue weighted by Gasteiger charge is 2.34. The Morgan fingerprint density at radius 3 is 2.58 bits per heavy atom. The molecule has 0 spiro atoms. The molecule has 64 valence electrons. The molecule has 2 nitrogen and oxygen atoms in total. The van der Waals surface area contributed by atoms with Crippen LogP contribution >= 0.6 is 15.9 Å². The van der Waals surface area contributed by atoms with Gasteiger partial charge in [-0.2, -0.15) is 0 Å². The van der Waals surface area contributed by atoms with Gasteiger partial charge in [-0.1, -0.05) is 6.07 Å². The Morgan fingerprint density at radius 1 is 1.42 bits per heavy atom. The third-order valence-corrected chi connectivity index (χ3v) is 3.02. The van der Waals surface area contributed by atoms with Gasteiger partial charge in [0.05, 0.1) is 0 Å². The van der Waals surface area contributed by atoms with Crippen molar-refractivity contribution in [3.63, 3.8) is 0 Å². The van der Waals surface area contributed by atoms with Crippen molar-refractivity contribution in [1.29, 1.82) is 0 Å². The maximum atomic E-state index is 6.12. The van der Waals surface area contributed by atoms with Crippen molar-refractivity contribution in [2.75, 3.05) is 0 Å². The Hall–Kier alpha value is -0.410. The standard InChI is InChI=1S/C9H11BrN2/c10-8-3-2-7(6-12-8)9(11)4-1-5-9/h2-3,6H,1,4-5,11H2. The lowest BCUT2D eigenvalue weighted by Crippen LogP contribution is -2.43. The molecule has 1 aromatic rings. The molecule has 0 aromatic carbocycles. The summed E-state index contributed by atoms with van der Waals surface area (Å²) in [7, 11) is 0. The van der Waals surface area contributed by atoms with Crippen molar-refractivity contribution in [3.05, 3.63) is 28.5 Å². The van der Waals surface area contributed by atoms with Crippen LogP contribution in [0.25, 0.3) is 0 Å². The van der Waals surface area contributed by atoms with Gasteiger partial charge in [-0.25, -0.2) is 4.98 Å². The van der Waals surface area contributed by atoms with Gasteiger partial charge in [-0.3, -0.25) is 0 Å². The van der Waals surface area contributed by atoms with E-state index < -0.39 is 0 Å². The van der Waals surface area contributed by atoms with Crippen LogP contribution in [0.1, 0.15) is 24.8 Å². The van der Waals surface area contributed by atoms with Gasteiger partial charge in [-0.15, -0.1) is 0 Å². The maximum absolute atomic E-state index is 6.12. The second-order valence-corrected chi connectivity index (χ2v) is 4.19. The molecule has 1 aliphatic rings. The lowest BCUT2D eigenvalue weighted by atomic mass is 9.73. The van der Waals surface area contributed by atoms with Gasteiger partial charge in [0.1, 0.15) is 4.60 Å². The van der Waals surface area contributed by atoms with Crippen LogP contribution < -0.4 is 5.73 Å². The highest BCUT2D eigenvalue weighted by atomic mass is 79.9. The van der Waals surface area contributed by atoms with E-state index in [4.69, 9.17) is 5.73 Å². The fraction of sp³-hybridized carbons (Fsp3) is 0.444. The molecule has 2 rings (SSSR count). The Kier molecular flexibility index (Phi) is 1.93. The molecule has 0 radical (unpaired) electrons.